The summed E-state index contributed by atoms with van der Waals surface area (Å²) >= 11 is 5.92. The first-order valence-electron chi connectivity index (χ1n) is 7.81. The molecule has 0 radical (unpaired) electrons. The number of morpholine rings is 1. The Bertz CT molecular complexity index is 703. The molecule has 0 bridgehead atoms. The van der Waals surface area contributed by atoms with Gasteiger partial charge >= 0.3 is 6.03 Å². The lowest BCUT2D eigenvalue weighted by Gasteiger charge is -2.33. The normalized spacial score (nSPS) is 19.1. The zero-order valence-corrected chi connectivity index (χ0v) is 14.4. The minimum Gasteiger partial charge on any atom is -0.370 e. The SMILES string of the molecule is C[C@H](NC(=O)N1CCO[C@@H](c2ccc(Cl)cc2)C1)c1nncn1C. The van der Waals surface area contributed by atoms with Gasteiger partial charge in [0.1, 0.15) is 12.4 Å². The first-order valence-corrected chi connectivity index (χ1v) is 8.19. The summed E-state index contributed by atoms with van der Waals surface area (Å²) < 4.78 is 7.58. The molecule has 0 spiro atoms. The molecule has 2 heterocycles. The topological polar surface area (TPSA) is 72.3 Å². The summed E-state index contributed by atoms with van der Waals surface area (Å²) in [5.41, 5.74) is 1.01. The standard InChI is InChI=1S/C16H20ClN5O2/c1-11(15-20-18-10-21(15)2)19-16(23)22-7-8-24-14(9-22)12-3-5-13(17)6-4-12/h3-6,10-11,14H,7-9H2,1-2H3,(H,19,23)/t11-,14+/m0/s1. The first kappa shape index (κ1) is 16.7. The third-order valence-corrected chi connectivity index (χ3v) is 4.32. The van der Waals surface area contributed by atoms with E-state index < -0.39 is 0 Å². The Balaban J connectivity index is 1.62. The van der Waals surface area contributed by atoms with Crippen LogP contribution >= 0.6 is 11.6 Å². The Morgan fingerprint density at radius 3 is 2.83 bits per heavy atom. The average molecular weight is 350 g/mol. The molecule has 0 aliphatic carbocycles. The minimum atomic E-state index is -0.221. The van der Waals surface area contributed by atoms with Crippen LogP contribution < -0.4 is 5.32 Å². The van der Waals surface area contributed by atoms with Gasteiger partial charge in [0.05, 0.1) is 19.2 Å². The van der Waals surface area contributed by atoms with Crippen molar-refractivity contribution in [1.29, 1.82) is 0 Å². The van der Waals surface area contributed by atoms with E-state index in [9.17, 15) is 4.79 Å². The van der Waals surface area contributed by atoms with Crippen molar-refractivity contribution < 1.29 is 9.53 Å². The Hall–Kier alpha value is -2.12. The van der Waals surface area contributed by atoms with Crippen LogP contribution in [0.3, 0.4) is 0 Å². The van der Waals surface area contributed by atoms with Crippen LogP contribution in [0.25, 0.3) is 0 Å². The van der Waals surface area contributed by atoms with E-state index in [4.69, 9.17) is 16.3 Å². The second-order valence-corrected chi connectivity index (χ2v) is 6.26. The van der Waals surface area contributed by atoms with Crippen molar-refractivity contribution in [3.63, 3.8) is 0 Å². The van der Waals surface area contributed by atoms with Crippen LogP contribution in [-0.4, -0.2) is 45.4 Å². The van der Waals surface area contributed by atoms with Crippen molar-refractivity contribution in [3.05, 3.63) is 47.0 Å². The highest BCUT2D eigenvalue weighted by atomic mass is 35.5. The third-order valence-electron chi connectivity index (χ3n) is 4.07. The molecule has 8 heteroatoms. The van der Waals surface area contributed by atoms with Gasteiger partial charge in [-0.3, -0.25) is 0 Å². The highest BCUT2D eigenvalue weighted by Crippen LogP contribution is 2.24. The molecule has 1 N–H and O–H groups in total. The lowest BCUT2D eigenvalue weighted by Crippen LogP contribution is -2.47. The molecular formula is C16H20ClN5O2. The number of hydrogen-bond acceptors (Lipinski definition) is 4. The maximum atomic E-state index is 12.5. The summed E-state index contributed by atoms with van der Waals surface area (Å²) in [5.74, 6) is 0.714. The van der Waals surface area contributed by atoms with Gasteiger partial charge in [-0.15, -0.1) is 10.2 Å². The van der Waals surface area contributed by atoms with Gasteiger partial charge in [0.25, 0.3) is 0 Å². The smallest absolute Gasteiger partial charge is 0.318 e. The van der Waals surface area contributed by atoms with Crippen LogP contribution in [0.5, 0.6) is 0 Å². The monoisotopic (exact) mass is 349 g/mol. The van der Waals surface area contributed by atoms with E-state index in [2.05, 4.69) is 15.5 Å². The van der Waals surface area contributed by atoms with Crippen LogP contribution in [0.4, 0.5) is 4.79 Å². The predicted molar refractivity (Wildman–Crippen MR) is 89.7 cm³/mol. The average Bonchev–Trinajstić information content (AvgIpc) is 3.02. The van der Waals surface area contributed by atoms with Crippen LogP contribution in [-0.2, 0) is 11.8 Å². The first-order chi connectivity index (χ1) is 11.5. The predicted octanol–water partition coefficient (Wildman–Crippen LogP) is 2.31. The third kappa shape index (κ3) is 3.68. The van der Waals surface area contributed by atoms with Gasteiger partial charge in [-0.2, -0.15) is 0 Å². The van der Waals surface area contributed by atoms with Crippen molar-refractivity contribution in [3.8, 4) is 0 Å². The molecule has 1 aliphatic rings. The van der Waals surface area contributed by atoms with Crippen molar-refractivity contribution in [1.82, 2.24) is 25.0 Å². The van der Waals surface area contributed by atoms with Crippen LogP contribution in [0, 0.1) is 0 Å². The maximum Gasteiger partial charge on any atom is 0.318 e. The number of aryl methyl sites for hydroxylation is 1. The zero-order chi connectivity index (χ0) is 17.1. The van der Waals surface area contributed by atoms with E-state index in [1.807, 2.05) is 38.2 Å². The van der Waals surface area contributed by atoms with E-state index >= 15 is 0 Å². The molecule has 2 aromatic rings. The molecule has 7 nitrogen and oxygen atoms in total. The molecule has 0 unspecified atom stereocenters. The highest BCUT2D eigenvalue weighted by molar-refractivity contribution is 6.30. The van der Waals surface area contributed by atoms with Gasteiger partial charge in [0.2, 0.25) is 0 Å². The fourth-order valence-corrected chi connectivity index (χ4v) is 2.86. The lowest BCUT2D eigenvalue weighted by atomic mass is 10.1. The van der Waals surface area contributed by atoms with E-state index in [0.717, 1.165) is 5.56 Å². The molecular weight excluding hydrogens is 330 g/mol. The zero-order valence-electron chi connectivity index (χ0n) is 13.6. The van der Waals surface area contributed by atoms with Gasteiger partial charge in [-0.05, 0) is 24.6 Å². The Labute approximate surface area is 145 Å². The molecule has 1 aromatic heterocycles. The number of rotatable bonds is 3. The molecule has 24 heavy (non-hydrogen) atoms. The molecule has 2 amide bonds. The molecule has 3 rings (SSSR count). The Kier molecular flexibility index (Phi) is 5.01. The Morgan fingerprint density at radius 2 is 2.17 bits per heavy atom. The molecule has 2 atom stereocenters. The van der Waals surface area contributed by atoms with Gasteiger partial charge in [0.15, 0.2) is 5.82 Å². The number of hydrogen-bond donors (Lipinski definition) is 1. The summed E-state index contributed by atoms with van der Waals surface area (Å²) in [6.45, 7) is 3.44. The Morgan fingerprint density at radius 1 is 1.42 bits per heavy atom. The summed E-state index contributed by atoms with van der Waals surface area (Å²) in [4.78, 5) is 14.3. The second kappa shape index (κ2) is 7.19. The fourth-order valence-electron chi connectivity index (χ4n) is 2.74. The van der Waals surface area contributed by atoms with Gasteiger partial charge < -0.3 is 19.5 Å². The number of aromatic nitrogens is 3. The van der Waals surface area contributed by atoms with Crippen LogP contribution in [0.2, 0.25) is 5.02 Å². The summed E-state index contributed by atoms with van der Waals surface area (Å²) in [6.07, 6.45) is 1.47. The molecule has 1 aromatic carbocycles. The number of halogens is 1. The maximum absolute atomic E-state index is 12.5. The number of carbonyl (C=O) groups excluding carboxylic acids is 1. The number of nitrogens with one attached hydrogen (secondary N) is 1. The second-order valence-electron chi connectivity index (χ2n) is 5.83. The number of amides is 2. The fraction of sp³-hybridized carbons (Fsp3) is 0.438. The van der Waals surface area contributed by atoms with Crippen molar-refractivity contribution in [2.24, 2.45) is 7.05 Å². The number of carbonyl (C=O) groups is 1. The quantitative estimate of drug-likeness (QED) is 0.923. The number of nitrogens with zero attached hydrogens (tertiary/aromatic N) is 4. The van der Waals surface area contributed by atoms with Crippen LogP contribution in [0.1, 0.15) is 30.5 Å². The minimum absolute atomic E-state index is 0.132. The largest absolute Gasteiger partial charge is 0.370 e. The summed E-state index contributed by atoms with van der Waals surface area (Å²) in [7, 11) is 1.85. The molecule has 1 aliphatic heterocycles. The van der Waals surface area contributed by atoms with Crippen LogP contribution in [0.15, 0.2) is 30.6 Å². The molecule has 1 saturated heterocycles. The van der Waals surface area contributed by atoms with E-state index in [1.165, 1.54) is 0 Å². The van der Waals surface area contributed by atoms with Crippen molar-refractivity contribution >= 4 is 17.6 Å². The van der Waals surface area contributed by atoms with Gasteiger partial charge in [-0.1, -0.05) is 23.7 Å². The number of ether oxygens (including phenoxy) is 1. The van der Waals surface area contributed by atoms with E-state index in [0.29, 0.717) is 30.5 Å². The van der Waals surface area contributed by atoms with E-state index in [1.54, 1.807) is 15.8 Å². The highest BCUT2D eigenvalue weighted by Gasteiger charge is 2.26. The van der Waals surface area contributed by atoms with E-state index in [-0.39, 0.29) is 18.2 Å². The lowest BCUT2D eigenvalue weighted by molar-refractivity contribution is -0.0157. The molecule has 128 valence electrons. The summed E-state index contributed by atoms with van der Waals surface area (Å²) in [6, 6.07) is 7.16. The summed E-state index contributed by atoms with van der Waals surface area (Å²) in [5, 5.41) is 11.5. The van der Waals surface area contributed by atoms with Gasteiger partial charge in [0, 0.05) is 18.6 Å². The molecule has 1 fully saturated rings. The van der Waals surface area contributed by atoms with Crippen molar-refractivity contribution in [2.45, 2.75) is 19.1 Å². The number of urea groups is 1. The molecule has 0 saturated carbocycles. The van der Waals surface area contributed by atoms with Gasteiger partial charge in [-0.25, -0.2) is 4.79 Å². The van der Waals surface area contributed by atoms with Crippen molar-refractivity contribution in [2.75, 3.05) is 19.7 Å². The number of benzene rings is 1.